The minimum absolute atomic E-state index is 0.0210. The van der Waals surface area contributed by atoms with Crippen molar-refractivity contribution in [2.45, 2.75) is 95.5 Å². The number of hydrogen-bond donors (Lipinski definition) is 3. The second-order valence-corrected chi connectivity index (χ2v) is 16.2. The summed E-state index contributed by atoms with van der Waals surface area (Å²) in [6.45, 7) is 5.62. The van der Waals surface area contributed by atoms with E-state index in [0.29, 0.717) is 16.8 Å². The molecular weight excluding hydrogens is 747 g/mol. The number of Topliss-reactive ketones (excluding diaryl/α,β-unsaturated/α-hetero) is 1. The van der Waals surface area contributed by atoms with Gasteiger partial charge in [-0.15, -0.1) is 0 Å². The first-order valence-corrected chi connectivity index (χ1v) is 19.2. The van der Waals surface area contributed by atoms with E-state index in [1.165, 1.54) is 42.2 Å². The van der Waals surface area contributed by atoms with E-state index in [9.17, 15) is 28.7 Å². The molecule has 2 aromatic rings. The third kappa shape index (κ3) is 6.61. The van der Waals surface area contributed by atoms with Crippen LogP contribution in [0.4, 0.5) is 23.7 Å². The number of nitrogens with one attached hydrogen (secondary N) is 1. The predicted octanol–water partition coefficient (Wildman–Crippen LogP) is 5.39. The Balaban J connectivity index is 1.09. The summed E-state index contributed by atoms with van der Waals surface area (Å²) in [6.07, 6.45) is -3.21. The SMILES string of the molecule is CCN(COCC(=O)[C@@]12O[C@H](c3cccc(F)c3)O[C@@H]1C[C@H]1[C@@H]3C[C@H](F)C4=CC(=O)C=C[C@]4(C)[C@@]3(F)[C@@H](O)C[C@@]12C)C(=O)OCc1ccc(NC(=O)C(C)N)cc1. The van der Waals surface area contributed by atoms with Crippen molar-refractivity contribution in [2.75, 3.05) is 25.2 Å². The summed E-state index contributed by atoms with van der Waals surface area (Å²) < 4.78 is 72.6. The fraction of sp³-hybridized carbons (Fsp3) is 0.524. The Morgan fingerprint density at radius 2 is 1.86 bits per heavy atom. The van der Waals surface area contributed by atoms with Gasteiger partial charge >= 0.3 is 6.09 Å². The average Bonchev–Trinajstić information content (AvgIpc) is 3.68. The predicted molar refractivity (Wildman–Crippen MR) is 199 cm³/mol. The summed E-state index contributed by atoms with van der Waals surface area (Å²) in [4.78, 5) is 53.1. The summed E-state index contributed by atoms with van der Waals surface area (Å²) in [5, 5.41) is 14.6. The van der Waals surface area contributed by atoms with Gasteiger partial charge in [-0.3, -0.25) is 19.3 Å². The van der Waals surface area contributed by atoms with Crippen LogP contribution in [0.2, 0.25) is 0 Å². The molecule has 0 radical (unpaired) electrons. The molecule has 1 unspecified atom stereocenters. The molecule has 0 spiro atoms. The van der Waals surface area contributed by atoms with E-state index >= 15 is 8.78 Å². The summed E-state index contributed by atoms with van der Waals surface area (Å²) in [7, 11) is 0. The highest BCUT2D eigenvalue weighted by Crippen LogP contribution is 2.72. The van der Waals surface area contributed by atoms with Crippen molar-refractivity contribution in [2.24, 2.45) is 28.4 Å². The van der Waals surface area contributed by atoms with Crippen LogP contribution in [-0.4, -0.2) is 89.1 Å². The van der Waals surface area contributed by atoms with Crippen LogP contribution < -0.4 is 11.1 Å². The molecule has 57 heavy (non-hydrogen) atoms. The number of aliphatic hydroxyl groups is 1. The van der Waals surface area contributed by atoms with Crippen LogP contribution in [0.3, 0.4) is 0 Å². The van der Waals surface area contributed by atoms with Crippen molar-refractivity contribution in [3.8, 4) is 0 Å². The molecule has 4 aliphatic carbocycles. The first-order chi connectivity index (χ1) is 27.0. The number of carbonyl (C=O) groups is 4. The molecule has 4 fully saturated rings. The molecule has 5 aliphatic rings. The number of fused-ring (bicyclic) bond motifs is 7. The van der Waals surface area contributed by atoms with Gasteiger partial charge in [0, 0.05) is 34.5 Å². The van der Waals surface area contributed by atoms with E-state index < -0.39 is 94.7 Å². The zero-order valence-electron chi connectivity index (χ0n) is 32.2. The number of halogens is 3. The van der Waals surface area contributed by atoms with Gasteiger partial charge in [0.2, 0.25) is 5.91 Å². The smallest absolute Gasteiger partial charge is 0.411 e. The number of nitrogens with two attached hydrogens (primary N) is 1. The van der Waals surface area contributed by atoms with E-state index in [0.717, 1.165) is 6.08 Å². The largest absolute Gasteiger partial charge is 0.444 e. The molecule has 1 aliphatic heterocycles. The fourth-order valence-electron chi connectivity index (χ4n) is 10.1. The summed E-state index contributed by atoms with van der Waals surface area (Å²) >= 11 is 0. The van der Waals surface area contributed by atoms with E-state index in [1.807, 2.05) is 0 Å². The third-order valence-electron chi connectivity index (χ3n) is 13.0. The molecule has 12 nitrogen and oxygen atoms in total. The number of anilines is 1. The molecule has 4 N–H and O–H groups in total. The highest BCUT2D eigenvalue weighted by atomic mass is 19.1. The molecule has 0 aromatic heterocycles. The topological polar surface area (TPSA) is 167 Å². The quantitative estimate of drug-likeness (QED) is 0.251. The summed E-state index contributed by atoms with van der Waals surface area (Å²) in [5.74, 6) is -3.79. The van der Waals surface area contributed by atoms with Gasteiger partial charge in [-0.1, -0.05) is 37.3 Å². The standard InChI is InChI=1S/C42H48F3N3O9/c1-5-48(38(53)55-20-24-9-11-27(12-10-24)47-36(52)23(2)46)22-54-21-34(51)42-35(56-37(57-42)25-7-6-8-26(43)15-25)18-29-30-17-32(44)31-16-28(49)13-14-39(31,3)41(30,45)33(50)19-40(29,42)4/h6-16,23,29-30,32-33,35,37,50H,5,17-22,46H2,1-4H3,(H,47,52)/t23?,29-,30-,32-,33-,35+,37+,39-,40-,41-,42+/m0/s1. The maximum absolute atomic E-state index is 17.9. The number of ether oxygens (including phenoxy) is 4. The Morgan fingerprint density at radius 3 is 2.54 bits per heavy atom. The van der Waals surface area contributed by atoms with Crippen molar-refractivity contribution < 1.29 is 56.4 Å². The lowest BCUT2D eigenvalue weighted by molar-refractivity contribution is -0.235. The minimum Gasteiger partial charge on any atom is -0.444 e. The number of ketones is 2. The monoisotopic (exact) mass is 795 g/mol. The van der Waals surface area contributed by atoms with Gasteiger partial charge in [-0.2, -0.15) is 0 Å². The second kappa shape index (κ2) is 15.1. The summed E-state index contributed by atoms with van der Waals surface area (Å²) in [6, 6.07) is 11.5. The van der Waals surface area contributed by atoms with Gasteiger partial charge < -0.3 is 35.1 Å². The molecule has 3 saturated carbocycles. The van der Waals surface area contributed by atoms with Gasteiger partial charge in [-0.25, -0.2) is 18.0 Å². The first-order valence-electron chi connectivity index (χ1n) is 19.2. The zero-order chi connectivity index (χ0) is 41.1. The van der Waals surface area contributed by atoms with Crippen molar-refractivity contribution in [1.29, 1.82) is 0 Å². The van der Waals surface area contributed by atoms with Gasteiger partial charge in [-0.05, 0) is 93.5 Å². The Hall–Kier alpha value is -4.41. The van der Waals surface area contributed by atoms with Crippen LogP contribution in [-0.2, 0) is 39.9 Å². The van der Waals surface area contributed by atoms with Gasteiger partial charge in [0.05, 0.1) is 18.2 Å². The first kappa shape index (κ1) is 40.8. The van der Waals surface area contributed by atoms with E-state index in [4.69, 9.17) is 24.7 Å². The van der Waals surface area contributed by atoms with Crippen LogP contribution >= 0.6 is 0 Å². The number of rotatable bonds is 11. The van der Waals surface area contributed by atoms with Crippen LogP contribution in [0.5, 0.6) is 0 Å². The molecule has 2 amide bonds. The normalized spacial score (nSPS) is 35.6. The number of amides is 2. The van der Waals surface area contributed by atoms with Crippen LogP contribution in [0.25, 0.3) is 0 Å². The average molecular weight is 796 g/mol. The molecule has 11 atom stereocenters. The van der Waals surface area contributed by atoms with Gasteiger partial charge in [0.1, 0.15) is 31.9 Å². The Labute approximate surface area is 328 Å². The maximum Gasteiger partial charge on any atom is 0.411 e. The Morgan fingerprint density at radius 1 is 1.12 bits per heavy atom. The van der Waals surface area contributed by atoms with Crippen LogP contribution in [0.1, 0.15) is 64.4 Å². The number of nitrogens with zero attached hydrogens (tertiary/aromatic N) is 1. The highest BCUT2D eigenvalue weighted by molar-refractivity contribution is 6.01. The molecule has 1 heterocycles. The molecular formula is C42H48F3N3O9. The number of benzene rings is 2. The Bertz CT molecular complexity index is 2000. The van der Waals surface area contributed by atoms with Crippen molar-refractivity contribution in [1.82, 2.24) is 4.90 Å². The number of aliphatic hydroxyl groups excluding tert-OH is 1. The number of allylic oxidation sites excluding steroid dienone is 4. The molecule has 2 aromatic carbocycles. The van der Waals surface area contributed by atoms with Crippen LogP contribution in [0.15, 0.2) is 72.3 Å². The Kier molecular flexibility index (Phi) is 10.8. The number of carbonyl (C=O) groups excluding carboxylic acids is 4. The lowest BCUT2D eigenvalue weighted by atomic mass is 9.44. The maximum atomic E-state index is 17.9. The summed E-state index contributed by atoms with van der Waals surface area (Å²) in [5.41, 5.74) is -0.138. The molecule has 306 valence electrons. The van der Waals surface area contributed by atoms with Crippen LogP contribution in [0, 0.1) is 28.5 Å². The zero-order valence-corrected chi connectivity index (χ0v) is 32.2. The van der Waals surface area contributed by atoms with Crippen molar-refractivity contribution in [3.05, 3.63) is 89.3 Å². The molecule has 7 rings (SSSR count). The van der Waals surface area contributed by atoms with E-state index in [2.05, 4.69) is 5.32 Å². The number of hydrogen-bond acceptors (Lipinski definition) is 10. The van der Waals surface area contributed by atoms with E-state index in [1.54, 1.807) is 51.1 Å². The number of alkyl halides is 2. The minimum atomic E-state index is -2.40. The van der Waals surface area contributed by atoms with Crippen molar-refractivity contribution in [3.63, 3.8) is 0 Å². The van der Waals surface area contributed by atoms with E-state index in [-0.39, 0.29) is 50.6 Å². The lowest BCUT2D eigenvalue weighted by Gasteiger charge is -2.63. The molecule has 1 saturated heterocycles. The van der Waals surface area contributed by atoms with Gasteiger partial charge in [0.25, 0.3) is 0 Å². The van der Waals surface area contributed by atoms with Gasteiger partial charge in [0.15, 0.2) is 29.1 Å². The second-order valence-electron chi connectivity index (χ2n) is 16.2. The fourth-order valence-corrected chi connectivity index (χ4v) is 10.1. The third-order valence-corrected chi connectivity index (χ3v) is 13.0. The molecule has 15 heteroatoms. The molecule has 0 bridgehead atoms. The highest BCUT2D eigenvalue weighted by Gasteiger charge is 2.80. The van der Waals surface area contributed by atoms with Crippen molar-refractivity contribution >= 4 is 29.3 Å². The lowest BCUT2D eigenvalue weighted by Crippen LogP contribution is -2.70.